The van der Waals surface area contributed by atoms with Crippen LogP contribution < -0.4 is 5.32 Å². The fraction of sp³-hybridized carbons (Fsp3) is 0.333. The molecule has 0 aliphatic heterocycles. The van der Waals surface area contributed by atoms with Crippen molar-refractivity contribution in [3.63, 3.8) is 0 Å². The van der Waals surface area contributed by atoms with Gasteiger partial charge in [-0.05, 0) is 19.5 Å². The van der Waals surface area contributed by atoms with Crippen molar-refractivity contribution in [1.29, 1.82) is 0 Å². The van der Waals surface area contributed by atoms with Crippen LogP contribution in [0.25, 0.3) is 0 Å². The maximum absolute atomic E-state index is 12.0. The molecule has 2 rings (SSSR count). The van der Waals surface area contributed by atoms with E-state index in [-0.39, 0.29) is 43.4 Å². The highest BCUT2D eigenvalue weighted by Crippen LogP contribution is 2.06. The average molecular weight is 346 g/mol. The van der Waals surface area contributed by atoms with E-state index in [1.54, 1.807) is 19.6 Å². The molecule has 0 unspecified atom stereocenters. The first-order valence-electron chi connectivity index (χ1n) is 6.56. The van der Waals surface area contributed by atoms with Crippen molar-refractivity contribution < 1.29 is 9.53 Å². The van der Waals surface area contributed by atoms with Crippen LogP contribution in [0.4, 0.5) is 0 Å². The Morgan fingerprint density at radius 1 is 1.32 bits per heavy atom. The normalized spacial score (nSPS) is 11.0. The van der Waals surface area contributed by atoms with Crippen LogP contribution in [0.3, 0.4) is 0 Å². The fourth-order valence-electron chi connectivity index (χ4n) is 1.85. The number of carbonyl (C=O) groups is 1. The summed E-state index contributed by atoms with van der Waals surface area (Å²) >= 11 is 0. The molecule has 7 heteroatoms. The minimum Gasteiger partial charge on any atom is -0.460 e. The summed E-state index contributed by atoms with van der Waals surface area (Å²) in [5, 5.41) is 2.96. The molecule has 1 aromatic heterocycles. The van der Waals surface area contributed by atoms with Crippen LogP contribution in [0.5, 0.6) is 0 Å². The molecule has 0 radical (unpaired) electrons. The predicted octanol–water partition coefficient (Wildman–Crippen LogP) is 2.44. The molecular weight excluding hydrogens is 325 g/mol. The monoisotopic (exact) mass is 345 g/mol. The Kier molecular flexibility index (Phi) is 9.49. The molecule has 0 bridgehead atoms. The van der Waals surface area contributed by atoms with Crippen LogP contribution in [-0.4, -0.2) is 29.0 Å². The molecule has 0 saturated carbocycles. The highest BCUT2D eigenvalue weighted by atomic mass is 35.5. The summed E-state index contributed by atoms with van der Waals surface area (Å²) in [6.45, 7) is 2.31. The number of likely N-dealkylation sites (N-methyl/N-ethyl adjacent to an activating group) is 1. The van der Waals surface area contributed by atoms with E-state index < -0.39 is 0 Å². The highest BCUT2D eigenvalue weighted by Gasteiger charge is 2.19. The number of hydrogen-bond donors (Lipinski definition) is 2. The van der Waals surface area contributed by atoms with Gasteiger partial charge in [-0.1, -0.05) is 29.8 Å². The van der Waals surface area contributed by atoms with E-state index in [9.17, 15) is 4.79 Å². The fourth-order valence-corrected chi connectivity index (χ4v) is 1.85. The van der Waals surface area contributed by atoms with Crippen LogP contribution in [0, 0.1) is 6.92 Å². The Morgan fingerprint density at radius 3 is 2.55 bits per heavy atom. The first-order chi connectivity index (χ1) is 9.69. The number of benzene rings is 1. The van der Waals surface area contributed by atoms with Crippen molar-refractivity contribution in [2.24, 2.45) is 0 Å². The number of ether oxygens (including phenoxy) is 1. The van der Waals surface area contributed by atoms with Crippen LogP contribution >= 0.6 is 24.8 Å². The van der Waals surface area contributed by atoms with Gasteiger partial charge in [0.1, 0.15) is 12.6 Å². The van der Waals surface area contributed by atoms with Gasteiger partial charge in [0.05, 0.1) is 12.0 Å². The minimum atomic E-state index is -0.385. The van der Waals surface area contributed by atoms with Crippen LogP contribution in [0.2, 0.25) is 0 Å². The molecule has 0 aliphatic rings. The molecule has 1 aromatic carbocycles. The lowest BCUT2D eigenvalue weighted by Gasteiger charge is -2.14. The number of nitrogens with one attached hydrogen (secondary N) is 2. The molecular formula is C15H21Cl2N3O2. The van der Waals surface area contributed by atoms with E-state index in [0.717, 1.165) is 11.3 Å². The van der Waals surface area contributed by atoms with Crippen molar-refractivity contribution >= 4 is 30.8 Å². The average Bonchev–Trinajstić information content (AvgIpc) is 2.97. The SMILES string of the molecule is CN[C@@H](Cc1c[nH]cn1)C(=O)OCc1ccc(C)cc1.Cl.Cl. The Hall–Kier alpha value is -1.56. The third-order valence-corrected chi connectivity index (χ3v) is 3.10. The summed E-state index contributed by atoms with van der Waals surface area (Å²) in [6, 6.07) is 7.55. The van der Waals surface area contributed by atoms with E-state index in [1.807, 2.05) is 31.2 Å². The second kappa shape index (κ2) is 10.2. The molecule has 1 heterocycles. The molecule has 122 valence electrons. The second-order valence-electron chi connectivity index (χ2n) is 4.70. The molecule has 0 spiro atoms. The number of aromatic nitrogens is 2. The summed E-state index contributed by atoms with van der Waals surface area (Å²) in [5.74, 6) is -0.268. The van der Waals surface area contributed by atoms with Crippen LogP contribution in [0.1, 0.15) is 16.8 Å². The number of carbonyl (C=O) groups excluding carboxylic acids is 1. The summed E-state index contributed by atoms with van der Waals surface area (Å²) in [4.78, 5) is 19.0. The van der Waals surface area contributed by atoms with Gasteiger partial charge in [0.15, 0.2) is 0 Å². The van der Waals surface area contributed by atoms with Crippen molar-refractivity contribution in [2.75, 3.05) is 7.05 Å². The molecule has 0 aliphatic carbocycles. The van der Waals surface area contributed by atoms with Gasteiger partial charge in [-0.25, -0.2) is 4.98 Å². The van der Waals surface area contributed by atoms with Gasteiger partial charge in [-0.3, -0.25) is 4.79 Å². The van der Waals surface area contributed by atoms with Crippen molar-refractivity contribution in [3.8, 4) is 0 Å². The van der Waals surface area contributed by atoms with E-state index in [1.165, 1.54) is 5.56 Å². The highest BCUT2D eigenvalue weighted by molar-refractivity contribution is 5.85. The van der Waals surface area contributed by atoms with Gasteiger partial charge in [0, 0.05) is 12.6 Å². The maximum atomic E-state index is 12.0. The van der Waals surface area contributed by atoms with Gasteiger partial charge < -0.3 is 15.0 Å². The van der Waals surface area contributed by atoms with Gasteiger partial charge in [0.25, 0.3) is 0 Å². The minimum absolute atomic E-state index is 0. The third-order valence-electron chi connectivity index (χ3n) is 3.10. The zero-order valence-corrected chi connectivity index (χ0v) is 14.2. The Bertz CT molecular complexity index is 544. The summed E-state index contributed by atoms with van der Waals surface area (Å²) in [7, 11) is 1.74. The predicted molar refractivity (Wildman–Crippen MR) is 90.6 cm³/mol. The number of halogens is 2. The Balaban J connectivity index is 0.00000220. The number of aromatic amines is 1. The summed E-state index contributed by atoms with van der Waals surface area (Å²) in [5.41, 5.74) is 3.00. The lowest BCUT2D eigenvalue weighted by atomic mass is 10.1. The number of imidazole rings is 1. The number of aryl methyl sites for hydroxylation is 1. The molecule has 2 aromatic rings. The molecule has 1 atom stereocenters. The third kappa shape index (κ3) is 6.05. The van der Waals surface area contributed by atoms with Gasteiger partial charge in [-0.2, -0.15) is 0 Å². The van der Waals surface area contributed by atoms with Gasteiger partial charge in [-0.15, -0.1) is 24.8 Å². The zero-order valence-electron chi connectivity index (χ0n) is 12.5. The van der Waals surface area contributed by atoms with Gasteiger partial charge in [0.2, 0.25) is 0 Å². The number of H-pyrrole nitrogens is 1. The largest absolute Gasteiger partial charge is 0.460 e. The molecule has 0 saturated heterocycles. The second-order valence-corrected chi connectivity index (χ2v) is 4.70. The maximum Gasteiger partial charge on any atom is 0.323 e. The number of hydrogen-bond acceptors (Lipinski definition) is 4. The van der Waals surface area contributed by atoms with Crippen molar-refractivity contribution in [3.05, 3.63) is 53.6 Å². The molecule has 0 amide bonds. The molecule has 22 heavy (non-hydrogen) atoms. The van der Waals surface area contributed by atoms with E-state index in [0.29, 0.717) is 6.42 Å². The first-order valence-corrected chi connectivity index (χ1v) is 6.56. The molecule has 2 N–H and O–H groups in total. The lowest BCUT2D eigenvalue weighted by molar-refractivity contribution is -0.147. The first kappa shape index (κ1) is 20.4. The smallest absolute Gasteiger partial charge is 0.323 e. The lowest BCUT2D eigenvalue weighted by Crippen LogP contribution is -2.37. The summed E-state index contributed by atoms with van der Waals surface area (Å²) in [6.07, 6.45) is 3.88. The summed E-state index contributed by atoms with van der Waals surface area (Å²) < 4.78 is 5.33. The van der Waals surface area contributed by atoms with E-state index in [4.69, 9.17) is 4.74 Å². The van der Waals surface area contributed by atoms with Gasteiger partial charge >= 0.3 is 5.97 Å². The number of esters is 1. The number of nitrogens with zero attached hydrogens (tertiary/aromatic N) is 1. The molecule has 5 nitrogen and oxygen atoms in total. The van der Waals surface area contributed by atoms with E-state index in [2.05, 4.69) is 15.3 Å². The quantitative estimate of drug-likeness (QED) is 0.789. The topological polar surface area (TPSA) is 67.0 Å². The van der Waals surface area contributed by atoms with Crippen molar-refractivity contribution in [2.45, 2.75) is 26.0 Å². The van der Waals surface area contributed by atoms with Crippen LogP contribution in [0.15, 0.2) is 36.8 Å². The standard InChI is InChI=1S/C15H19N3O2.2ClH/c1-11-3-5-12(6-4-11)9-20-15(19)14(16-2)7-13-8-17-10-18-13;;/h3-6,8,10,14,16H,7,9H2,1-2H3,(H,17,18);2*1H/t14-;;/m0../s1. The van der Waals surface area contributed by atoms with Crippen molar-refractivity contribution in [1.82, 2.24) is 15.3 Å². The number of rotatable bonds is 6. The molecule has 0 fully saturated rings. The Labute approximate surface area is 142 Å². The van der Waals surface area contributed by atoms with E-state index >= 15 is 0 Å². The zero-order chi connectivity index (χ0) is 14.4. The Morgan fingerprint density at radius 2 is 2.00 bits per heavy atom. The van der Waals surface area contributed by atoms with Crippen LogP contribution in [-0.2, 0) is 22.6 Å².